The zero-order chi connectivity index (χ0) is 28.0. The maximum absolute atomic E-state index is 11.7. The van der Waals surface area contributed by atoms with E-state index in [1.165, 1.54) is 22.4 Å². The van der Waals surface area contributed by atoms with Gasteiger partial charge in [0.2, 0.25) is 0 Å². The van der Waals surface area contributed by atoms with Crippen molar-refractivity contribution in [2.45, 2.75) is 76.4 Å². The molecule has 0 amide bonds. The monoisotopic (exact) mass is 532 g/mol. The quantitative estimate of drug-likeness (QED) is 0.0806. The SMILES string of the molecule is CCCC[C@H](O)CCC[C@H](CC[C@@H]([N-]c1ccc[nH]1)/C(=C/C(=O)O)CN=C(N)N)c1ccc2ccccc2c1. The average Bonchev–Trinajstić information content (AvgIpc) is 3.43. The molecule has 1 aromatic heterocycles. The number of nitrogens with two attached hydrogens (primary N) is 2. The van der Waals surface area contributed by atoms with Crippen LogP contribution >= 0.6 is 0 Å². The summed E-state index contributed by atoms with van der Waals surface area (Å²) in [7, 11) is 0. The van der Waals surface area contributed by atoms with Gasteiger partial charge in [-0.15, -0.1) is 0 Å². The molecule has 0 saturated heterocycles. The van der Waals surface area contributed by atoms with Crippen molar-refractivity contribution in [2.24, 2.45) is 16.5 Å². The summed E-state index contributed by atoms with van der Waals surface area (Å²) >= 11 is 0. The number of aliphatic carboxylic acids is 1. The second kappa shape index (κ2) is 15.6. The molecule has 3 rings (SSSR count). The fraction of sp³-hybridized carbons (Fsp3) is 0.419. The summed E-state index contributed by atoms with van der Waals surface area (Å²) in [5.74, 6) is -0.263. The van der Waals surface area contributed by atoms with Gasteiger partial charge >= 0.3 is 5.97 Å². The normalized spacial score (nSPS) is 14.1. The van der Waals surface area contributed by atoms with Crippen molar-refractivity contribution in [1.29, 1.82) is 0 Å². The number of carboxylic acids is 1. The maximum Gasteiger partial charge on any atom is 0.328 e. The number of aromatic amines is 1. The van der Waals surface area contributed by atoms with Gasteiger partial charge in [-0.25, -0.2) is 9.79 Å². The number of aliphatic hydroxyl groups excluding tert-OH is 1. The van der Waals surface area contributed by atoms with Gasteiger partial charge in [0.05, 0.1) is 12.6 Å². The number of unbranched alkanes of at least 4 members (excludes halogenated alkanes) is 1. The third-order valence-electron chi connectivity index (χ3n) is 7.07. The number of guanidine groups is 1. The fourth-order valence-corrected chi connectivity index (χ4v) is 4.97. The number of aromatic nitrogens is 1. The van der Waals surface area contributed by atoms with Gasteiger partial charge in [0.25, 0.3) is 0 Å². The summed E-state index contributed by atoms with van der Waals surface area (Å²) in [6.07, 6.45) is 9.63. The van der Waals surface area contributed by atoms with E-state index in [9.17, 15) is 15.0 Å². The number of aliphatic hydroxyl groups is 1. The van der Waals surface area contributed by atoms with Gasteiger partial charge in [0.1, 0.15) is 0 Å². The summed E-state index contributed by atoms with van der Waals surface area (Å²) in [6, 6.07) is 18.2. The average molecular weight is 533 g/mol. The van der Waals surface area contributed by atoms with Crippen LogP contribution in [-0.4, -0.2) is 45.8 Å². The predicted molar refractivity (Wildman–Crippen MR) is 159 cm³/mol. The highest BCUT2D eigenvalue weighted by molar-refractivity contribution is 5.83. The molecule has 2 aromatic carbocycles. The van der Waals surface area contributed by atoms with E-state index in [-0.39, 0.29) is 24.5 Å². The van der Waals surface area contributed by atoms with Crippen LogP contribution in [0, 0.1) is 0 Å². The van der Waals surface area contributed by atoms with Crippen LogP contribution in [0.1, 0.15) is 69.8 Å². The largest absolute Gasteiger partial charge is 0.478 e. The van der Waals surface area contributed by atoms with E-state index in [2.05, 4.69) is 47.2 Å². The van der Waals surface area contributed by atoms with E-state index in [0.29, 0.717) is 17.8 Å². The molecule has 0 fully saturated rings. The summed E-state index contributed by atoms with van der Waals surface area (Å²) in [5, 5.41) is 27.2. The second-order valence-electron chi connectivity index (χ2n) is 10.1. The van der Waals surface area contributed by atoms with Crippen molar-refractivity contribution in [3.05, 3.63) is 83.3 Å². The molecule has 8 nitrogen and oxygen atoms in total. The van der Waals surface area contributed by atoms with E-state index in [0.717, 1.165) is 44.9 Å². The number of rotatable bonds is 17. The lowest BCUT2D eigenvalue weighted by Gasteiger charge is -2.29. The third-order valence-corrected chi connectivity index (χ3v) is 7.07. The molecule has 39 heavy (non-hydrogen) atoms. The first kappa shape index (κ1) is 29.8. The number of hydrogen-bond donors (Lipinski definition) is 5. The first-order chi connectivity index (χ1) is 18.9. The minimum absolute atomic E-state index is 0.0633. The summed E-state index contributed by atoms with van der Waals surface area (Å²) < 4.78 is 0. The molecular formula is C31H42N5O3-. The van der Waals surface area contributed by atoms with Gasteiger partial charge in [-0.3, -0.25) is 0 Å². The predicted octanol–water partition coefficient (Wildman–Crippen LogP) is 6.11. The number of aliphatic imine (C=N–C) groups is 1. The number of hydrogen-bond acceptors (Lipinski definition) is 3. The maximum atomic E-state index is 11.7. The molecule has 0 aliphatic rings. The van der Waals surface area contributed by atoms with Crippen molar-refractivity contribution >= 4 is 28.5 Å². The molecular weight excluding hydrogens is 490 g/mol. The Hall–Kier alpha value is -3.78. The molecule has 0 bridgehead atoms. The van der Waals surface area contributed by atoms with E-state index in [1.807, 2.05) is 24.3 Å². The number of nitrogens with one attached hydrogen (secondary N) is 1. The summed E-state index contributed by atoms with van der Waals surface area (Å²) in [6.45, 7) is 2.20. The van der Waals surface area contributed by atoms with E-state index in [4.69, 9.17) is 16.8 Å². The molecule has 1 heterocycles. The van der Waals surface area contributed by atoms with Crippen LogP contribution in [0.3, 0.4) is 0 Å². The van der Waals surface area contributed by atoms with E-state index in [1.54, 1.807) is 6.20 Å². The second-order valence-corrected chi connectivity index (χ2v) is 10.1. The van der Waals surface area contributed by atoms with Crippen molar-refractivity contribution in [2.75, 3.05) is 6.54 Å². The van der Waals surface area contributed by atoms with Gasteiger partial charge in [0, 0.05) is 6.08 Å². The van der Waals surface area contributed by atoms with Gasteiger partial charge in [-0.05, 0) is 66.0 Å². The Kier molecular flexibility index (Phi) is 11.9. The Labute approximate surface area is 231 Å². The van der Waals surface area contributed by atoms with Crippen LogP contribution in [0.15, 0.2) is 77.4 Å². The highest BCUT2D eigenvalue weighted by Gasteiger charge is 2.18. The molecule has 0 unspecified atom stereocenters. The van der Waals surface area contributed by atoms with Gasteiger partial charge in [-0.2, -0.15) is 0 Å². The number of carbonyl (C=O) groups is 1. The van der Waals surface area contributed by atoms with Crippen LogP contribution < -0.4 is 11.5 Å². The molecule has 210 valence electrons. The molecule has 8 heteroatoms. The minimum atomic E-state index is -1.06. The lowest BCUT2D eigenvalue weighted by Crippen LogP contribution is -2.24. The highest BCUT2D eigenvalue weighted by Crippen LogP contribution is 2.34. The van der Waals surface area contributed by atoms with Crippen LogP contribution in [0.4, 0.5) is 5.82 Å². The zero-order valence-electron chi connectivity index (χ0n) is 22.8. The van der Waals surface area contributed by atoms with Crippen molar-refractivity contribution in [3.8, 4) is 0 Å². The van der Waals surface area contributed by atoms with Gasteiger partial charge in [0.15, 0.2) is 5.96 Å². The summed E-state index contributed by atoms with van der Waals surface area (Å²) in [4.78, 5) is 18.8. The molecule has 3 aromatic rings. The van der Waals surface area contributed by atoms with Crippen molar-refractivity contribution in [1.82, 2.24) is 4.98 Å². The Morgan fingerprint density at radius 2 is 1.77 bits per heavy atom. The first-order valence-corrected chi connectivity index (χ1v) is 13.9. The fourth-order valence-electron chi connectivity index (χ4n) is 4.97. The molecule has 0 saturated carbocycles. The Bertz CT molecular complexity index is 1220. The van der Waals surface area contributed by atoms with E-state index >= 15 is 0 Å². The van der Waals surface area contributed by atoms with E-state index < -0.39 is 12.0 Å². The van der Waals surface area contributed by atoms with Gasteiger partial charge < -0.3 is 32.0 Å². The zero-order valence-corrected chi connectivity index (χ0v) is 22.8. The Morgan fingerprint density at radius 1 is 1.00 bits per heavy atom. The summed E-state index contributed by atoms with van der Waals surface area (Å²) in [5.41, 5.74) is 12.9. The first-order valence-electron chi connectivity index (χ1n) is 13.9. The molecule has 7 N–H and O–H groups in total. The molecule has 0 aliphatic carbocycles. The van der Waals surface area contributed by atoms with Crippen LogP contribution in [-0.2, 0) is 4.79 Å². The molecule has 3 atom stereocenters. The Morgan fingerprint density at radius 3 is 2.46 bits per heavy atom. The Balaban J connectivity index is 1.83. The van der Waals surface area contributed by atoms with Crippen LogP contribution in [0.5, 0.6) is 0 Å². The van der Waals surface area contributed by atoms with Crippen molar-refractivity contribution in [3.63, 3.8) is 0 Å². The van der Waals surface area contributed by atoms with Gasteiger partial charge in [-0.1, -0.05) is 92.8 Å². The third kappa shape index (κ3) is 10.1. The van der Waals surface area contributed by atoms with Crippen LogP contribution in [0.25, 0.3) is 16.1 Å². The lowest BCUT2D eigenvalue weighted by atomic mass is 9.85. The van der Waals surface area contributed by atoms with Crippen LogP contribution in [0.2, 0.25) is 0 Å². The highest BCUT2D eigenvalue weighted by atomic mass is 16.4. The van der Waals surface area contributed by atoms with Crippen molar-refractivity contribution < 1.29 is 15.0 Å². The number of fused-ring (bicyclic) bond motifs is 1. The lowest BCUT2D eigenvalue weighted by molar-refractivity contribution is -0.131. The molecule has 0 spiro atoms. The minimum Gasteiger partial charge on any atom is -0.478 e. The number of H-pyrrole nitrogens is 1. The standard InChI is InChI=1S/C31H42N5O3/c1-2-3-11-27(37)12-6-10-23(25-15-14-22-8-4-5-9-24(22)19-25)16-17-28(36-29-13-7-18-34-29)26(20-30(38)39)21-35-31(32)33/h4-5,7-9,13-15,18-20,23,27-28,34,37H,2-3,6,10-12,16-17,21H2,1H3,(H,38,39)(H4,32,33,35)/q-1/b26-20+/t23-,27+,28-/m1/s1. The smallest absolute Gasteiger partial charge is 0.328 e. The number of nitrogens with zero attached hydrogens (tertiary/aromatic N) is 2. The number of carboxylic acid groups (broad SMARTS) is 1. The topological polar surface area (TPSA) is 152 Å². The molecule has 0 aliphatic heterocycles. The number of benzene rings is 2. The molecule has 0 radical (unpaired) electrons.